The number of pyridine rings is 1. The minimum atomic E-state index is -1.24. The van der Waals surface area contributed by atoms with E-state index in [1.807, 2.05) is 0 Å². The van der Waals surface area contributed by atoms with Crippen molar-refractivity contribution in [3.05, 3.63) is 28.5 Å². The van der Waals surface area contributed by atoms with Crippen LogP contribution >= 0.6 is 15.9 Å². The number of halogens is 2. The van der Waals surface area contributed by atoms with E-state index >= 15 is 0 Å². The number of ether oxygens (including phenoxy) is 1. The van der Waals surface area contributed by atoms with E-state index in [9.17, 15) is 14.0 Å². The summed E-state index contributed by atoms with van der Waals surface area (Å²) in [5.41, 5.74) is -0.0384. The van der Waals surface area contributed by atoms with Crippen LogP contribution in [0.1, 0.15) is 32.9 Å². The van der Waals surface area contributed by atoms with Crippen LogP contribution in [0.5, 0.6) is 0 Å². The number of hydrogen-bond donors (Lipinski definition) is 1. The van der Waals surface area contributed by atoms with Crippen molar-refractivity contribution in [1.29, 1.82) is 0 Å². The van der Waals surface area contributed by atoms with Gasteiger partial charge in [0.15, 0.2) is 0 Å². The molecule has 2 atom stereocenters. The molecule has 1 aliphatic heterocycles. The van der Waals surface area contributed by atoms with Crippen molar-refractivity contribution >= 4 is 27.9 Å². The number of aromatic nitrogens is 1. The van der Waals surface area contributed by atoms with E-state index in [0.717, 1.165) is 4.90 Å². The van der Waals surface area contributed by atoms with E-state index in [-0.39, 0.29) is 19.5 Å². The molecule has 2 heterocycles. The van der Waals surface area contributed by atoms with Crippen LogP contribution in [-0.4, -0.2) is 46.2 Å². The smallest absolute Gasteiger partial charge is 0.411 e. The van der Waals surface area contributed by atoms with Crippen molar-refractivity contribution in [2.45, 2.75) is 51.6 Å². The van der Waals surface area contributed by atoms with Gasteiger partial charge in [0, 0.05) is 6.42 Å². The first kappa shape index (κ1) is 18.6. The predicted molar refractivity (Wildman–Crippen MR) is 90.0 cm³/mol. The van der Waals surface area contributed by atoms with Gasteiger partial charge in [0.2, 0.25) is 5.91 Å². The van der Waals surface area contributed by atoms with E-state index in [1.165, 1.54) is 0 Å². The highest BCUT2D eigenvalue weighted by Crippen LogP contribution is 2.23. The van der Waals surface area contributed by atoms with Crippen molar-refractivity contribution in [3.63, 3.8) is 0 Å². The van der Waals surface area contributed by atoms with Gasteiger partial charge < -0.3 is 10.1 Å². The Morgan fingerprint density at radius 3 is 2.79 bits per heavy atom. The molecule has 0 bridgehead atoms. The van der Waals surface area contributed by atoms with Crippen LogP contribution in [-0.2, 0) is 16.1 Å². The second-order valence-corrected chi connectivity index (χ2v) is 7.46. The van der Waals surface area contributed by atoms with Gasteiger partial charge >= 0.3 is 6.09 Å². The Morgan fingerprint density at radius 2 is 2.17 bits per heavy atom. The number of carbonyl (C=O) groups excluding carboxylic acids is 2. The molecule has 8 heteroatoms. The standard InChI is InChI=1S/C16H21BrFN3O3/c1-16(2,3)24-15(23)21-9-10(18)7-12(21)14(22)19-8-11-5-4-6-13(17)20-11/h4-6,10,12H,7-9H2,1-3H3,(H,19,22)/t10-,12+/m1/s1. The van der Waals surface area contributed by atoms with E-state index < -0.39 is 29.8 Å². The molecule has 0 unspecified atom stereocenters. The maximum absolute atomic E-state index is 13.7. The van der Waals surface area contributed by atoms with E-state index in [1.54, 1.807) is 39.0 Å². The summed E-state index contributed by atoms with van der Waals surface area (Å²) in [6.07, 6.45) is -1.95. The Labute approximate surface area is 148 Å². The maximum atomic E-state index is 13.7. The van der Waals surface area contributed by atoms with Crippen molar-refractivity contribution < 1.29 is 18.7 Å². The summed E-state index contributed by atoms with van der Waals surface area (Å²) in [5.74, 6) is -0.414. The fraction of sp³-hybridized carbons (Fsp3) is 0.562. The molecule has 132 valence electrons. The maximum Gasteiger partial charge on any atom is 0.411 e. The predicted octanol–water partition coefficient (Wildman–Crippen LogP) is 2.81. The van der Waals surface area contributed by atoms with Crippen molar-refractivity contribution in [2.24, 2.45) is 0 Å². The highest BCUT2D eigenvalue weighted by Gasteiger charge is 2.41. The Hall–Kier alpha value is -1.70. The highest BCUT2D eigenvalue weighted by molar-refractivity contribution is 9.10. The van der Waals surface area contributed by atoms with Crippen molar-refractivity contribution in [1.82, 2.24) is 15.2 Å². The number of nitrogens with one attached hydrogen (secondary N) is 1. The SMILES string of the molecule is CC(C)(C)OC(=O)N1C[C@H](F)C[C@H]1C(=O)NCc1cccc(Br)n1. The van der Waals surface area contributed by atoms with E-state index in [4.69, 9.17) is 4.74 Å². The van der Waals surface area contributed by atoms with Crippen LogP contribution in [0.25, 0.3) is 0 Å². The second-order valence-electron chi connectivity index (χ2n) is 6.65. The van der Waals surface area contributed by atoms with Gasteiger partial charge in [0.25, 0.3) is 0 Å². The molecule has 1 N–H and O–H groups in total. The summed E-state index contributed by atoms with van der Waals surface area (Å²) in [6, 6.07) is 4.48. The molecule has 24 heavy (non-hydrogen) atoms. The third-order valence-electron chi connectivity index (χ3n) is 3.40. The zero-order valence-corrected chi connectivity index (χ0v) is 15.5. The topological polar surface area (TPSA) is 71.5 Å². The van der Waals surface area contributed by atoms with Crippen LogP contribution in [0.15, 0.2) is 22.8 Å². The van der Waals surface area contributed by atoms with Gasteiger partial charge in [-0.05, 0) is 48.8 Å². The lowest BCUT2D eigenvalue weighted by molar-refractivity contribution is -0.125. The molecule has 0 radical (unpaired) electrons. The molecule has 0 aromatic carbocycles. The number of alkyl halides is 1. The quantitative estimate of drug-likeness (QED) is 0.790. The minimum Gasteiger partial charge on any atom is -0.444 e. The summed E-state index contributed by atoms with van der Waals surface area (Å²) >= 11 is 3.26. The number of amides is 2. The Kier molecular flexibility index (Phi) is 5.79. The average Bonchev–Trinajstić information content (AvgIpc) is 2.85. The van der Waals surface area contributed by atoms with Gasteiger partial charge in [0.05, 0.1) is 18.8 Å². The molecule has 2 rings (SSSR count). The average molecular weight is 402 g/mol. The van der Waals surface area contributed by atoms with Crippen molar-refractivity contribution in [2.75, 3.05) is 6.54 Å². The molecule has 6 nitrogen and oxygen atoms in total. The molecular formula is C16H21BrFN3O3. The summed E-state index contributed by atoms with van der Waals surface area (Å²) in [6.45, 7) is 5.24. The third kappa shape index (κ3) is 5.15. The lowest BCUT2D eigenvalue weighted by atomic mass is 10.2. The van der Waals surface area contributed by atoms with Gasteiger partial charge in [0.1, 0.15) is 22.4 Å². The number of hydrogen-bond acceptors (Lipinski definition) is 4. The molecule has 2 amide bonds. The molecule has 1 aromatic rings. The fourth-order valence-electron chi connectivity index (χ4n) is 2.40. The van der Waals surface area contributed by atoms with Crippen LogP contribution in [0.4, 0.5) is 9.18 Å². The molecule has 1 aliphatic rings. The summed E-state index contributed by atoms with van der Waals surface area (Å²) in [5, 5.41) is 2.70. The van der Waals surface area contributed by atoms with E-state index in [0.29, 0.717) is 10.3 Å². The molecule has 0 aliphatic carbocycles. The highest BCUT2D eigenvalue weighted by atomic mass is 79.9. The Morgan fingerprint density at radius 1 is 1.46 bits per heavy atom. The van der Waals surface area contributed by atoms with Crippen LogP contribution < -0.4 is 5.32 Å². The second kappa shape index (κ2) is 7.46. The normalized spacial score (nSPS) is 20.8. The van der Waals surface area contributed by atoms with Gasteiger partial charge in [-0.15, -0.1) is 0 Å². The molecule has 1 aromatic heterocycles. The number of nitrogens with zero attached hydrogens (tertiary/aromatic N) is 2. The Balaban J connectivity index is 1.99. The molecule has 0 spiro atoms. The number of likely N-dealkylation sites (tertiary alicyclic amines) is 1. The first-order valence-electron chi connectivity index (χ1n) is 7.68. The van der Waals surface area contributed by atoms with Crippen molar-refractivity contribution in [3.8, 4) is 0 Å². The largest absolute Gasteiger partial charge is 0.444 e. The minimum absolute atomic E-state index is 0.0308. The zero-order chi connectivity index (χ0) is 17.9. The third-order valence-corrected chi connectivity index (χ3v) is 3.84. The van der Waals surface area contributed by atoms with Gasteiger partial charge in [-0.2, -0.15) is 0 Å². The molecule has 1 saturated heterocycles. The fourth-order valence-corrected chi connectivity index (χ4v) is 2.78. The van der Waals surface area contributed by atoms with Crippen LogP contribution in [0.3, 0.4) is 0 Å². The van der Waals surface area contributed by atoms with Gasteiger partial charge in [-0.1, -0.05) is 6.07 Å². The Bertz CT molecular complexity index is 621. The molecule has 1 fully saturated rings. The lowest BCUT2D eigenvalue weighted by Crippen LogP contribution is -2.47. The number of rotatable bonds is 3. The van der Waals surface area contributed by atoms with E-state index in [2.05, 4.69) is 26.2 Å². The van der Waals surface area contributed by atoms with Crippen LogP contribution in [0.2, 0.25) is 0 Å². The first-order valence-corrected chi connectivity index (χ1v) is 8.48. The number of carbonyl (C=O) groups is 2. The zero-order valence-electron chi connectivity index (χ0n) is 13.9. The summed E-state index contributed by atoms with van der Waals surface area (Å²) in [7, 11) is 0. The molecular weight excluding hydrogens is 381 g/mol. The lowest BCUT2D eigenvalue weighted by Gasteiger charge is -2.27. The molecule has 0 saturated carbocycles. The van der Waals surface area contributed by atoms with Gasteiger partial charge in [-0.25, -0.2) is 14.2 Å². The summed E-state index contributed by atoms with van der Waals surface area (Å²) < 4.78 is 19.7. The monoisotopic (exact) mass is 401 g/mol. The van der Waals surface area contributed by atoms with Gasteiger partial charge in [-0.3, -0.25) is 9.69 Å². The summed E-state index contributed by atoms with van der Waals surface area (Å²) in [4.78, 5) is 29.9. The first-order chi connectivity index (χ1) is 11.2. The van der Waals surface area contributed by atoms with Crippen LogP contribution in [0, 0.1) is 0 Å².